The fourth-order valence-corrected chi connectivity index (χ4v) is 6.19. The van der Waals surface area contributed by atoms with Gasteiger partial charge in [0.25, 0.3) is 0 Å². The zero-order chi connectivity index (χ0) is 30.9. The summed E-state index contributed by atoms with van der Waals surface area (Å²) in [4.78, 5) is 28.5. The van der Waals surface area contributed by atoms with Gasteiger partial charge in [-0.1, -0.05) is 44.4 Å². The maximum Gasteiger partial charge on any atom is 0.416 e. The standard InChI is InChI=1S/C30H40F3N3O5S/c1-4-27(29(38)34-24-11-6-5-7-12-24)35(21-22-15-17-26(41-2)18-16-22)28(37)14-9-19-36(42(3,39)40)25-13-8-10-23(20-25)30(31,32)33/h8,10,13,15-18,20,24,27H,4-7,9,11-12,14,19,21H2,1-3H3,(H,34,38)/t27-/m0/s1. The Morgan fingerprint density at radius 2 is 1.74 bits per heavy atom. The summed E-state index contributed by atoms with van der Waals surface area (Å²) in [5.74, 6) is 0.0658. The van der Waals surface area contributed by atoms with E-state index in [0.717, 1.165) is 66.4 Å². The molecule has 1 atom stereocenters. The summed E-state index contributed by atoms with van der Waals surface area (Å²) in [6.07, 6.45) is 1.60. The molecular formula is C30H40F3N3O5S. The third-order valence-electron chi connectivity index (χ3n) is 7.46. The number of carbonyl (C=O) groups is 2. The molecule has 232 valence electrons. The Morgan fingerprint density at radius 3 is 2.31 bits per heavy atom. The molecule has 0 spiro atoms. The number of carbonyl (C=O) groups excluding carboxylic acids is 2. The van der Waals surface area contributed by atoms with E-state index in [2.05, 4.69) is 5.32 Å². The molecule has 3 rings (SSSR count). The fraction of sp³-hybridized carbons (Fsp3) is 0.533. The Bertz CT molecular complexity index is 1300. The van der Waals surface area contributed by atoms with Crippen LogP contribution in [0.2, 0.25) is 0 Å². The van der Waals surface area contributed by atoms with Crippen molar-refractivity contribution in [3.8, 4) is 5.75 Å². The van der Waals surface area contributed by atoms with Crippen LogP contribution in [0.25, 0.3) is 0 Å². The number of hydrogen-bond donors (Lipinski definition) is 1. The van der Waals surface area contributed by atoms with Crippen LogP contribution >= 0.6 is 0 Å². The van der Waals surface area contributed by atoms with Gasteiger partial charge in [-0.25, -0.2) is 8.42 Å². The molecule has 1 saturated carbocycles. The lowest BCUT2D eigenvalue weighted by Crippen LogP contribution is -2.51. The normalized spacial score (nSPS) is 15.1. The van der Waals surface area contributed by atoms with Crippen LogP contribution in [-0.2, 0) is 32.3 Å². The molecule has 2 amide bonds. The molecule has 0 aromatic heterocycles. The van der Waals surface area contributed by atoms with Gasteiger partial charge in [-0.2, -0.15) is 13.2 Å². The molecule has 0 saturated heterocycles. The van der Waals surface area contributed by atoms with Crippen molar-refractivity contribution in [2.45, 2.75) is 83.1 Å². The Hall–Kier alpha value is -3.28. The van der Waals surface area contributed by atoms with E-state index in [9.17, 15) is 31.2 Å². The molecule has 0 bridgehead atoms. The molecule has 1 fully saturated rings. The van der Waals surface area contributed by atoms with Gasteiger partial charge in [0.2, 0.25) is 21.8 Å². The van der Waals surface area contributed by atoms with Crippen LogP contribution in [-0.4, -0.2) is 57.1 Å². The summed E-state index contributed by atoms with van der Waals surface area (Å²) < 4.78 is 70.9. The van der Waals surface area contributed by atoms with Gasteiger partial charge < -0.3 is 15.0 Å². The van der Waals surface area contributed by atoms with Crippen molar-refractivity contribution in [2.24, 2.45) is 0 Å². The zero-order valence-electron chi connectivity index (χ0n) is 24.3. The summed E-state index contributed by atoms with van der Waals surface area (Å²) >= 11 is 0. The molecule has 2 aromatic rings. The topological polar surface area (TPSA) is 96.0 Å². The molecule has 2 aromatic carbocycles. The van der Waals surface area contributed by atoms with Gasteiger partial charge in [-0.15, -0.1) is 0 Å². The highest BCUT2D eigenvalue weighted by Gasteiger charge is 2.32. The molecule has 1 aliphatic carbocycles. The zero-order valence-corrected chi connectivity index (χ0v) is 25.1. The second kappa shape index (κ2) is 14.8. The van der Waals surface area contributed by atoms with Gasteiger partial charge in [0.15, 0.2) is 0 Å². The highest BCUT2D eigenvalue weighted by atomic mass is 32.2. The molecular weight excluding hydrogens is 571 g/mol. The first-order valence-corrected chi connectivity index (χ1v) is 16.1. The third kappa shape index (κ3) is 9.37. The van der Waals surface area contributed by atoms with Crippen LogP contribution in [0, 0.1) is 0 Å². The highest BCUT2D eigenvalue weighted by Crippen LogP contribution is 2.32. The lowest BCUT2D eigenvalue weighted by atomic mass is 9.95. The first kappa shape index (κ1) is 33.2. The summed E-state index contributed by atoms with van der Waals surface area (Å²) in [5.41, 5.74) is -0.312. The highest BCUT2D eigenvalue weighted by molar-refractivity contribution is 7.92. The Balaban J connectivity index is 1.78. The monoisotopic (exact) mass is 611 g/mol. The number of methoxy groups -OCH3 is 1. The fourth-order valence-electron chi connectivity index (χ4n) is 5.23. The Morgan fingerprint density at radius 1 is 1.07 bits per heavy atom. The predicted octanol–water partition coefficient (Wildman–Crippen LogP) is 5.52. The summed E-state index contributed by atoms with van der Waals surface area (Å²) in [6, 6.07) is 10.6. The molecule has 0 heterocycles. The quantitative estimate of drug-likeness (QED) is 0.322. The van der Waals surface area contributed by atoms with Crippen LogP contribution < -0.4 is 14.4 Å². The molecule has 1 N–H and O–H groups in total. The van der Waals surface area contributed by atoms with Crippen LogP contribution in [0.1, 0.15) is 69.4 Å². The number of hydrogen-bond acceptors (Lipinski definition) is 5. The maximum atomic E-state index is 13.6. The summed E-state index contributed by atoms with van der Waals surface area (Å²) in [6.45, 7) is 1.79. The minimum atomic E-state index is -4.63. The number of sulfonamides is 1. The van der Waals surface area contributed by atoms with Gasteiger partial charge in [0, 0.05) is 25.6 Å². The Kier molecular flexibility index (Phi) is 11.7. The number of alkyl halides is 3. The van der Waals surface area contributed by atoms with E-state index in [1.807, 2.05) is 19.1 Å². The van der Waals surface area contributed by atoms with E-state index < -0.39 is 27.8 Å². The lowest BCUT2D eigenvalue weighted by molar-refractivity contribution is -0.141. The van der Waals surface area contributed by atoms with E-state index >= 15 is 0 Å². The average molecular weight is 612 g/mol. The molecule has 0 unspecified atom stereocenters. The number of anilines is 1. The van der Waals surface area contributed by atoms with Gasteiger partial charge in [0.1, 0.15) is 11.8 Å². The summed E-state index contributed by atoms with van der Waals surface area (Å²) in [7, 11) is -2.39. The van der Waals surface area contributed by atoms with Crippen LogP contribution in [0.4, 0.5) is 18.9 Å². The smallest absolute Gasteiger partial charge is 0.416 e. The molecule has 8 nitrogen and oxygen atoms in total. The van der Waals surface area contributed by atoms with Gasteiger partial charge >= 0.3 is 6.18 Å². The largest absolute Gasteiger partial charge is 0.497 e. The van der Waals surface area contributed by atoms with E-state index in [1.165, 1.54) is 11.0 Å². The van der Waals surface area contributed by atoms with Gasteiger partial charge in [-0.05, 0) is 61.6 Å². The average Bonchev–Trinajstić information content (AvgIpc) is 2.95. The number of rotatable bonds is 13. The first-order valence-electron chi connectivity index (χ1n) is 14.2. The van der Waals surface area contributed by atoms with Gasteiger partial charge in [-0.3, -0.25) is 13.9 Å². The molecule has 1 aliphatic rings. The van der Waals surface area contributed by atoms with Crippen molar-refractivity contribution >= 4 is 27.5 Å². The maximum absolute atomic E-state index is 13.6. The second-order valence-electron chi connectivity index (χ2n) is 10.6. The van der Waals surface area contributed by atoms with Crippen molar-refractivity contribution in [1.82, 2.24) is 10.2 Å². The van der Waals surface area contributed by atoms with E-state index in [0.29, 0.717) is 12.2 Å². The molecule has 0 radical (unpaired) electrons. The van der Waals surface area contributed by atoms with Crippen molar-refractivity contribution in [1.29, 1.82) is 0 Å². The first-order chi connectivity index (χ1) is 19.8. The number of ether oxygens (including phenoxy) is 1. The number of nitrogens with one attached hydrogen (secondary N) is 1. The number of benzene rings is 2. The van der Waals surface area contributed by atoms with E-state index in [1.54, 1.807) is 19.2 Å². The van der Waals surface area contributed by atoms with E-state index in [-0.39, 0.29) is 49.5 Å². The molecule has 42 heavy (non-hydrogen) atoms. The van der Waals surface area contributed by atoms with Crippen molar-refractivity contribution in [3.05, 3.63) is 59.7 Å². The molecule has 0 aliphatic heterocycles. The second-order valence-corrected chi connectivity index (χ2v) is 12.5. The molecule has 12 heteroatoms. The van der Waals surface area contributed by atoms with Crippen LogP contribution in [0.5, 0.6) is 5.75 Å². The summed E-state index contributed by atoms with van der Waals surface area (Å²) in [5, 5.41) is 3.11. The third-order valence-corrected chi connectivity index (χ3v) is 8.66. The number of nitrogens with zero attached hydrogens (tertiary/aromatic N) is 2. The number of amides is 2. The minimum Gasteiger partial charge on any atom is -0.497 e. The van der Waals surface area contributed by atoms with Gasteiger partial charge in [0.05, 0.1) is 24.6 Å². The van der Waals surface area contributed by atoms with E-state index in [4.69, 9.17) is 4.74 Å². The SMILES string of the molecule is CC[C@@H](C(=O)NC1CCCCC1)N(Cc1ccc(OC)cc1)C(=O)CCCN(c1cccc(C(F)(F)F)c1)S(C)(=O)=O. The Labute approximate surface area is 246 Å². The minimum absolute atomic E-state index is 0.0436. The number of halogens is 3. The van der Waals surface area contributed by atoms with Crippen molar-refractivity contribution in [3.63, 3.8) is 0 Å². The lowest BCUT2D eigenvalue weighted by Gasteiger charge is -2.33. The van der Waals surface area contributed by atoms with Crippen LogP contribution in [0.3, 0.4) is 0 Å². The van der Waals surface area contributed by atoms with Crippen LogP contribution in [0.15, 0.2) is 48.5 Å². The van der Waals surface area contributed by atoms with Crippen molar-refractivity contribution in [2.75, 3.05) is 24.2 Å². The predicted molar refractivity (Wildman–Crippen MR) is 156 cm³/mol. The van der Waals surface area contributed by atoms with Crippen molar-refractivity contribution < 1.29 is 35.9 Å².